The summed E-state index contributed by atoms with van der Waals surface area (Å²) in [4.78, 5) is 0. The molecule has 0 radical (unpaired) electrons. The van der Waals surface area contributed by atoms with Crippen LogP contribution in [0.2, 0.25) is 0 Å². The molecule has 3 aliphatic rings. The van der Waals surface area contributed by atoms with E-state index in [0.29, 0.717) is 0 Å². The first-order valence-electron chi connectivity index (χ1n) is 4.68. The first kappa shape index (κ1) is 11.3. The van der Waals surface area contributed by atoms with Gasteiger partial charge in [0.25, 0.3) is 0 Å². The van der Waals surface area contributed by atoms with Gasteiger partial charge in [-0.3, -0.25) is 0 Å². The van der Waals surface area contributed by atoms with Crippen LogP contribution in [0.25, 0.3) is 0 Å². The molecule has 1 unspecified atom stereocenters. The van der Waals surface area contributed by atoms with Gasteiger partial charge in [-0.2, -0.15) is 0 Å². The molecule has 7 nitrogen and oxygen atoms in total. The van der Waals surface area contributed by atoms with Gasteiger partial charge in [0.15, 0.2) is 0 Å². The third-order valence-electron chi connectivity index (χ3n) is 2.15. The van der Waals surface area contributed by atoms with Gasteiger partial charge < -0.3 is 33.6 Å². The van der Waals surface area contributed by atoms with Gasteiger partial charge in [0, 0.05) is 0 Å². The zero-order chi connectivity index (χ0) is 10.9. The molecule has 0 aromatic rings. The van der Waals surface area contributed by atoms with Crippen molar-refractivity contribution < 1.29 is 33.6 Å². The van der Waals surface area contributed by atoms with Crippen molar-refractivity contribution in [3.8, 4) is 0 Å². The highest BCUT2D eigenvalue weighted by molar-refractivity contribution is 6.40. The van der Waals surface area contributed by atoms with Crippen LogP contribution >= 0.6 is 0 Å². The largest absolute Gasteiger partial charge is 0.649 e. The molecule has 15 heavy (non-hydrogen) atoms. The van der Waals surface area contributed by atoms with Gasteiger partial charge >= 0.3 is 13.3 Å². The van der Waals surface area contributed by atoms with Gasteiger partial charge in [-0.25, -0.2) is 0 Å². The van der Waals surface area contributed by atoms with E-state index < -0.39 is 19.1 Å². The van der Waals surface area contributed by atoms with Crippen LogP contribution in [0.1, 0.15) is 6.92 Å². The van der Waals surface area contributed by atoms with Crippen LogP contribution in [0.5, 0.6) is 0 Å². The van der Waals surface area contributed by atoms with Crippen molar-refractivity contribution in [2.45, 2.75) is 18.7 Å². The summed E-state index contributed by atoms with van der Waals surface area (Å²) in [6.07, 6.45) is 0. The molecule has 0 aromatic carbocycles. The highest BCUT2D eigenvalue weighted by Crippen LogP contribution is 2.47. The fourth-order valence-electron chi connectivity index (χ4n) is 1.39. The quantitative estimate of drug-likeness (QED) is 0.413. The average Bonchev–Trinajstić information content (AvgIpc) is 2.49. The smallest absolute Gasteiger partial charge is 0.394 e. The molecule has 86 valence electrons. The molecule has 3 heterocycles. The Morgan fingerprint density at radius 3 is 2.47 bits per heavy atom. The molecule has 0 aromatic heterocycles. The molecule has 1 atom stereocenters. The maximum atomic E-state index is 9.68. The van der Waals surface area contributed by atoms with Crippen LogP contribution in [-0.2, 0) is 23.4 Å². The molecule has 0 aliphatic carbocycles. The van der Waals surface area contributed by atoms with Gasteiger partial charge in [0.1, 0.15) is 0 Å². The number of ether oxygens (including phenoxy) is 2. The minimum absolute atomic E-state index is 0.0406. The summed E-state index contributed by atoms with van der Waals surface area (Å²) in [7, 11) is -0.849. The molecule has 2 N–H and O–H groups in total. The Balaban J connectivity index is 1.71. The van der Waals surface area contributed by atoms with E-state index >= 15 is 0 Å². The lowest BCUT2D eigenvalue weighted by Crippen LogP contribution is -2.59. The standard InChI is InChI=1S/C7H13BO7/c1-6(10)7(14-8(13-6)15-7)12-5-4-11-3-2-9/h9-10H,2-5H2,1H3. The van der Waals surface area contributed by atoms with Crippen molar-refractivity contribution in [2.75, 3.05) is 26.4 Å². The predicted octanol–water partition coefficient (Wildman–Crippen LogP) is -1.56. The lowest BCUT2D eigenvalue weighted by atomic mass is 10.2. The number of fused-ring (bicyclic) bond motifs is 1. The number of rotatable bonds is 6. The van der Waals surface area contributed by atoms with Crippen LogP contribution in [0.15, 0.2) is 0 Å². The summed E-state index contributed by atoms with van der Waals surface area (Å²) >= 11 is 0. The molecule has 0 spiro atoms. The lowest BCUT2D eigenvalue weighted by molar-refractivity contribution is -0.414. The van der Waals surface area contributed by atoms with Gasteiger partial charge in [-0.15, -0.1) is 0 Å². The zero-order valence-corrected chi connectivity index (χ0v) is 8.34. The number of aliphatic hydroxyl groups is 2. The molecular formula is C7H13BO7. The lowest BCUT2D eigenvalue weighted by Gasteiger charge is -2.38. The zero-order valence-electron chi connectivity index (χ0n) is 8.34. The second-order valence-electron chi connectivity index (χ2n) is 3.37. The minimum Gasteiger partial charge on any atom is -0.394 e. The first-order chi connectivity index (χ1) is 7.10. The van der Waals surface area contributed by atoms with Crippen LogP contribution in [0.3, 0.4) is 0 Å². The molecule has 0 amide bonds. The summed E-state index contributed by atoms with van der Waals surface area (Å²) in [6, 6.07) is 0. The molecule has 3 fully saturated rings. The van der Waals surface area contributed by atoms with Gasteiger partial charge in [0.05, 0.1) is 26.4 Å². The fraction of sp³-hybridized carbons (Fsp3) is 1.00. The summed E-state index contributed by atoms with van der Waals surface area (Å²) in [5, 5.41) is 18.1. The van der Waals surface area contributed by atoms with Gasteiger partial charge in [-0.1, -0.05) is 0 Å². The van der Waals surface area contributed by atoms with Crippen LogP contribution in [0.4, 0.5) is 0 Å². The molecule has 3 saturated heterocycles. The van der Waals surface area contributed by atoms with Crippen molar-refractivity contribution in [1.82, 2.24) is 0 Å². The van der Waals surface area contributed by atoms with Crippen molar-refractivity contribution in [3.63, 3.8) is 0 Å². The van der Waals surface area contributed by atoms with E-state index in [1.165, 1.54) is 6.92 Å². The summed E-state index contributed by atoms with van der Waals surface area (Å²) in [6.45, 7) is 2.05. The second kappa shape index (κ2) is 3.98. The van der Waals surface area contributed by atoms with E-state index in [9.17, 15) is 5.11 Å². The highest BCUT2D eigenvalue weighted by Gasteiger charge is 2.75. The Hall–Kier alpha value is -0.215. The van der Waals surface area contributed by atoms with Crippen molar-refractivity contribution in [3.05, 3.63) is 0 Å². The average molecular weight is 220 g/mol. The summed E-state index contributed by atoms with van der Waals surface area (Å²) in [5.41, 5.74) is 0. The summed E-state index contributed by atoms with van der Waals surface area (Å²) in [5.74, 6) is -3.13. The molecule has 3 aliphatic heterocycles. The third-order valence-corrected chi connectivity index (χ3v) is 2.15. The van der Waals surface area contributed by atoms with E-state index in [1.54, 1.807) is 0 Å². The Kier molecular flexibility index (Phi) is 2.99. The Labute approximate surface area is 87.0 Å². The second-order valence-corrected chi connectivity index (χ2v) is 3.37. The maximum absolute atomic E-state index is 9.68. The Morgan fingerprint density at radius 2 is 1.93 bits per heavy atom. The van der Waals surface area contributed by atoms with E-state index in [0.717, 1.165) is 0 Å². The predicted molar refractivity (Wildman–Crippen MR) is 46.2 cm³/mol. The van der Waals surface area contributed by atoms with Crippen molar-refractivity contribution >= 4 is 7.32 Å². The Bertz CT molecular complexity index is 227. The van der Waals surface area contributed by atoms with Crippen LogP contribution in [0, 0.1) is 0 Å². The first-order valence-corrected chi connectivity index (χ1v) is 4.68. The molecular weight excluding hydrogens is 207 g/mol. The molecule has 0 saturated carbocycles. The van der Waals surface area contributed by atoms with E-state index in [1.807, 2.05) is 0 Å². The highest BCUT2D eigenvalue weighted by atomic mass is 17.1. The van der Waals surface area contributed by atoms with Gasteiger partial charge in [0.2, 0.25) is 5.79 Å². The van der Waals surface area contributed by atoms with E-state index in [-0.39, 0.29) is 26.4 Å². The number of aliphatic hydroxyl groups excluding tert-OH is 1. The van der Waals surface area contributed by atoms with Gasteiger partial charge in [-0.05, 0) is 6.92 Å². The van der Waals surface area contributed by atoms with E-state index in [4.69, 9.17) is 28.5 Å². The Morgan fingerprint density at radius 1 is 1.20 bits per heavy atom. The molecule has 8 heteroatoms. The minimum atomic E-state index is -1.60. The monoisotopic (exact) mass is 220 g/mol. The number of hydrogen-bond acceptors (Lipinski definition) is 7. The van der Waals surface area contributed by atoms with Crippen LogP contribution in [-0.4, -0.2) is 55.7 Å². The number of hydrogen-bond donors (Lipinski definition) is 2. The van der Waals surface area contributed by atoms with Crippen molar-refractivity contribution in [2.24, 2.45) is 0 Å². The SMILES string of the molecule is CC1(O)OB2OC1(OCCOCCO)O2. The maximum Gasteiger partial charge on any atom is 0.649 e. The molecule has 2 bridgehead atoms. The molecule has 3 rings (SSSR count). The topological polar surface area (TPSA) is 86.6 Å². The fourth-order valence-corrected chi connectivity index (χ4v) is 1.39. The third kappa shape index (κ3) is 1.90. The normalized spacial score (nSPS) is 38.2. The summed E-state index contributed by atoms with van der Waals surface area (Å²) < 4.78 is 25.1. The van der Waals surface area contributed by atoms with Crippen molar-refractivity contribution in [1.29, 1.82) is 0 Å². The van der Waals surface area contributed by atoms with E-state index in [2.05, 4.69) is 0 Å². The van der Waals surface area contributed by atoms with Crippen LogP contribution < -0.4 is 0 Å².